The molecule has 1 aromatic heterocycles. The normalized spacial score (nSPS) is 11.8. The number of benzene rings is 1. The zero-order valence-corrected chi connectivity index (χ0v) is 14.6. The molecule has 0 amide bonds. The Morgan fingerprint density at radius 1 is 1.10 bits per heavy atom. The molecule has 0 aliphatic carbocycles. The fraction of sp³-hybridized carbons (Fsp3) is 0.154. The lowest BCUT2D eigenvalue weighted by Gasteiger charge is -2.17. The smallest absolute Gasteiger partial charge is 0.244 e. The number of nitrogens with zero attached hydrogens (tertiary/aromatic N) is 2. The molecule has 0 saturated heterocycles. The second-order valence-electron chi connectivity index (χ2n) is 4.23. The van der Waals surface area contributed by atoms with Crippen molar-refractivity contribution in [1.29, 1.82) is 0 Å². The van der Waals surface area contributed by atoms with Crippen LogP contribution >= 0.6 is 31.9 Å². The zero-order valence-electron chi connectivity index (χ0n) is 10.6. The summed E-state index contributed by atoms with van der Waals surface area (Å²) < 4.78 is 27.7. The molecule has 4 nitrogen and oxygen atoms in total. The van der Waals surface area contributed by atoms with Gasteiger partial charge in [-0.05, 0) is 39.7 Å². The van der Waals surface area contributed by atoms with Crippen molar-refractivity contribution >= 4 is 41.9 Å². The molecule has 0 bridgehead atoms. The van der Waals surface area contributed by atoms with E-state index in [1.807, 2.05) is 24.3 Å². The van der Waals surface area contributed by atoms with Gasteiger partial charge in [-0.1, -0.05) is 28.1 Å². The Labute approximate surface area is 135 Å². The second-order valence-corrected chi connectivity index (χ2v) is 8.10. The van der Waals surface area contributed by atoms with Crippen LogP contribution in [-0.2, 0) is 16.6 Å². The third-order valence-electron chi connectivity index (χ3n) is 2.71. The van der Waals surface area contributed by atoms with Gasteiger partial charge in [0.25, 0.3) is 0 Å². The van der Waals surface area contributed by atoms with Crippen LogP contribution < -0.4 is 0 Å². The molecule has 0 spiro atoms. The first-order chi connectivity index (χ1) is 9.39. The largest absolute Gasteiger partial charge is 0.262 e. The summed E-state index contributed by atoms with van der Waals surface area (Å²) in [5.74, 6) is 0. The lowest BCUT2D eigenvalue weighted by atomic mass is 10.2. The van der Waals surface area contributed by atoms with Crippen molar-refractivity contribution in [3.63, 3.8) is 0 Å². The minimum absolute atomic E-state index is 0.173. The Kier molecular flexibility index (Phi) is 4.95. The van der Waals surface area contributed by atoms with Gasteiger partial charge in [0.05, 0.1) is 0 Å². The van der Waals surface area contributed by atoms with Crippen LogP contribution in [0.25, 0.3) is 0 Å². The van der Waals surface area contributed by atoms with Gasteiger partial charge in [-0.15, -0.1) is 0 Å². The van der Waals surface area contributed by atoms with E-state index in [4.69, 9.17) is 0 Å². The topological polar surface area (TPSA) is 50.3 Å². The maximum Gasteiger partial charge on any atom is 0.244 e. The van der Waals surface area contributed by atoms with Gasteiger partial charge in [-0.2, -0.15) is 4.31 Å². The number of aromatic nitrogens is 1. The number of hydrogen-bond donors (Lipinski definition) is 0. The molecule has 0 aliphatic rings. The third-order valence-corrected chi connectivity index (χ3v) is 5.44. The van der Waals surface area contributed by atoms with Gasteiger partial charge in [-0.25, -0.2) is 8.42 Å². The predicted molar refractivity (Wildman–Crippen MR) is 84.7 cm³/mol. The molecule has 0 aliphatic heterocycles. The summed E-state index contributed by atoms with van der Waals surface area (Å²) in [6.45, 7) is 0.308. The van der Waals surface area contributed by atoms with E-state index in [1.165, 1.54) is 10.5 Å². The van der Waals surface area contributed by atoms with Gasteiger partial charge < -0.3 is 0 Å². The van der Waals surface area contributed by atoms with Gasteiger partial charge in [0.2, 0.25) is 10.0 Å². The van der Waals surface area contributed by atoms with Crippen LogP contribution in [0.15, 0.2) is 56.6 Å². The molecule has 7 heteroatoms. The van der Waals surface area contributed by atoms with E-state index in [9.17, 15) is 8.42 Å². The molecule has 2 aromatic rings. The van der Waals surface area contributed by atoms with Crippen LogP contribution in [0.1, 0.15) is 5.56 Å². The van der Waals surface area contributed by atoms with Crippen LogP contribution in [0, 0.1) is 0 Å². The van der Waals surface area contributed by atoms with Crippen molar-refractivity contribution in [1.82, 2.24) is 9.29 Å². The molecule has 0 N–H and O–H groups in total. The highest BCUT2D eigenvalue weighted by Crippen LogP contribution is 2.20. The molecule has 20 heavy (non-hydrogen) atoms. The second kappa shape index (κ2) is 6.34. The van der Waals surface area contributed by atoms with E-state index >= 15 is 0 Å². The average molecular weight is 420 g/mol. The van der Waals surface area contributed by atoms with Crippen molar-refractivity contribution in [3.05, 3.63) is 57.2 Å². The Balaban J connectivity index is 2.23. The summed E-state index contributed by atoms with van der Waals surface area (Å²) in [6, 6.07) is 9.08. The third kappa shape index (κ3) is 3.66. The van der Waals surface area contributed by atoms with Gasteiger partial charge in [-0.3, -0.25) is 4.98 Å². The molecule has 0 saturated carbocycles. The lowest BCUT2D eigenvalue weighted by molar-refractivity contribution is 0.466. The highest BCUT2D eigenvalue weighted by molar-refractivity contribution is 9.10. The number of pyridine rings is 1. The van der Waals surface area contributed by atoms with E-state index in [0.29, 0.717) is 11.0 Å². The first kappa shape index (κ1) is 15.6. The van der Waals surface area contributed by atoms with Gasteiger partial charge in [0.15, 0.2) is 0 Å². The molecule has 0 radical (unpaired) electrons. The molecule has 1 heterocycles. The Morgan fingerprint density at radius 3 is 2.35 bits per heavy atom. The molecular weight excluding hydrogens is 408 g/mol. The monoisotopic (exact) mass is 418 g/mol. The minimum atomic E-state index is -3.54. The Morgan fingerprint density at radius 2 is 1.75 bits per heavy atom. The van der Waals surface area contributed by atoms with Gasteiger partial charge in [0, 0.05) is 34.9 Å². The van der Waals surface area contributed by atoms with Crippen molar-refractivity contribution in [2.75, 3.05) is 7.05 Å². The highest BCUT2D eigenvalue weighted by Gasteiger charge is 2.21. The maximum absolute atomic E-state index is 12.4. The van der Waals surface area contributed by atoms with E-state index in [1.54, 1.807) is 19.3 Å². The van der Waals surface area contributed by atoms with Gasteiger partial charge in [0.1, 0.15) is 4.90 Å². The van der Waals surface area contributed by atoms with Crippen LogP contribution in [0.4, 0.5) is 0 Å². The van der Waals surface area contributed by atoms with Gasteiger partial charge >= 0.3 is 0 Å². The summed E-state index contributed by atoms with van der Waals surface area (Å²) in [5, 5.41) is 0. The van der Waals surface area contributed by atoms with Crippen LogP contribution in [0.5, 0.6) is 0 Å². The van der Waals surface area contributed by atoms with Crippen molar-refractivity contribution in [2.45, 2.75) is 11.4 Å². The van der Waals surface area contributed by atoms with Crippen molar-refractivity contribution in [3.8, 4) is 0 Å². The first-order valence-corrected chi connectivity index (χ1v) is 8.73. The molecule has 2 rings (SSSR count). The Bertz CT molecular complexity index is 703. The average Bonchev–Trinajstić information content (AvgIpc) is 2.41. The number of halogens is 2. The van der Waals surface area contributed by atoms with Crippen LogP contribution in [0.3, 0.4) is 0 Å². The van der Waals surface area contributed by atoms with Crippen LogP contribution in [-0.4, -0.2) is 24.8 Å². The molecule has 0 fully saturated rings. The fourth-order valence-corrected chi connectivity index (χ4v) is 3.57. The molecule has 0 atom stereocenters. The fourth-order valence-electron chi connectivity index (χ4n) is 1.65. The highest BCUT2D eigenvalue weighted by atomic mass is 79.9. The quantitative estimate of drug-likeness (QED) is 0.762. The van der Waals surface area contributed by atoms with Crippen LogP contribution in [0.2, 0.25) is 0 Å². The lowest BCUT2D eigenvalue weighted by Crippen LogP contribution is -2.26. The molecule has 106 valence electrons. The summed E-state index contributed by atoms with van der Waals surface area (Å²) in [6.07, 6.45) is 2.89. The van der Waals surface area contributed by atoms with E-state index < -0.39 is 10.0 Å². The SMILES string of the molecule is CN(Cc1ccc(Br)cc1)S(=O)(=O)c1cncc(Br)c1. The Hall–Kier alpha value is -0.760. The molecule has 0 unspecified atom stereocenters. The number of rotatable bonds is 4. The number of sulfonamides is 1. The van der Waals surface area contributed by atoms with Crippen molar-refractivity contribution < 1.29 is 8.42 Å². The number of hydrogen-bond acceptors (Lipinski definition) is 3. The van der Waals surface area contributed by atoms with E-state index in [0.717, 1.165) is 10.0 Å². The predicted octanol–water partition coefficient (Wildman–Crippen LogP) is 3.43. The maximum atomic E-state index is 12.4. The summed E-state index contributed by atoms with van der Waals surface area (Å²) in [7, 11) is -1.99. The minimum Gasteiger partial charge on any atom is -0.262 e. The zero-order chi connectivity index (χ0) is 14.8. The van der Waals surface area contributed by atoms with Crippen molar-refractivity contribution in [2.24, 2.45) is 0 Å². The van der Waals surface area contributed by atoms with E-state index in [2.05, 4.69) is 36.8 Å². The summed E-state index contributed by atoms with van der Waals surface area (Å²) in [4.78, 5) is 4.07. The standard InChI is InChI=1S/C13H12Br2N2O2S/c1-17(9-10-2-4-11(14)5-3-10)20(18,19)13-6-12(15)7-16-8-13/h2-8H,9H2,1H3. The van der Waals surface area contributed by atoms with E-state index in [-0.39, 0.29) is 4.90 Å². The summed E-state index contributed by atoms with van der Waals surface area (Å²) in [5.41, 5.74) is 0.919. The first-order valence-electron chi connectivity index (χ1n) is 5.71. The summed E-state index contributed by atoms with van der Waals surface area (Å²) >= 11 is 6.58. The molecular formula is C13H12Br2N2O2S. The molecule has 1 aromatic carbocycles.